The number of fused-ring (bicyclic) bond motifs is 5. The van der Waals surface area contributed by atoms with Crippen LogP contribution in [0.25, 0.3) is 22.4 Å². The Morgan fingerprint density at radius 2 is 1.86 bits per heavy atom. The molecule has 0 unspecified atom stereocenters. The lowest BCUT2D eigenvalue weighted by molar-refractivity contribution is 0.611. The highest BCUT2D eigenvalue weighted by molar-refractivity contribution is 5.96. The summed E-state index contributed by atoms with van der Waals surface area (Å²) in [6.07, 6.45) is 5.36. The second kappa shape index (κ2) is 6.98. The first-order chi connectivity index (χ1) is 14.2. The topological polar surface area (TPSA) is 62.7 Å². The summed E-state index contributed by atoms with van der Waals surface area (Å²) in [6, 6.07) is 15.2. The van der Waals surface area contributed by atoms with E-state index in [4.69, 9.17) is 4.98 Å². The van der Waals surface area contributed by atoms with Crippen molar-refractivity contribution in [1.29, 1.82) is 0 Å². The molecule has 4 aromatic rings. The molecule has 5 nitrogen and oxygen atoms in total. The number of benzene rings is 2. The molecule has 0 amide bonds. The summed E-state index contributed by atoms with van der Waals surface area (Å²) in [5.74, 6) is 0.222. The maximum atomic E-state index is 14.1. The Hall–Kier alpha value is -3.80. The normalized spacial score (nSPS) is 11.5. The van der Waals surface area contributed by atoms with Gasteiger partial charge in [0.1, 0.15) is 5.82 Å². The van der Waals surface area contributed by atoms with E-state index in [0.717, 1.165) is 39.3 Å². The number of anilines is 3. The van der Waals surface area contributed by atoms with E-state index in [9.17, 15) is 4.39 Å². The van der Waals surface area contributed by atoms with E-state index in [1.54, 1.807) is 24.7 Å². The summed E-state index contributed by atoms with van der Waals surface area (Å²) in [6.45, 7) is 2.18. The quantitative estimate of drug-likeness (QED) is 0.441. The third-order valence-electron chi connectivity index (χ3n) is 5.00. The molecule has 0 saturated heterocycles. The van der Waals surface area contributed by atoms with Crippen molar-refractivity contribution in [2.45, 2.75) is 13.5 Å². The van der Waals surface area contributed by atoms with E-state index >= 15 is 0 Å². The van der Waals surface area contributed by atoms with Crippen LogP contribution in [-0.2, 0) is 6.54 Å². The number of hydrogen-bond donors (Lipinski definition) is 2. The third-order valence-corrected chi connectivity index (χ3v) is 5.00. The second-order valence-electron chi connectivity index (χ2n) is 7.00. The Balaban J connectivity index is 1.56. The van der Waals surface area contributed by atoms with Gasteiger partial charge in [0.2, 0.25) is 5.95 Å². The Morgan fingerprint density at radius 3 is 2.76 bits per heavy atom. The number of halogens is 1. The number of nitrogens with zero attached hydrogens (tertiary/aromatic N) is 3. The summed E-state index contributed by atoms with van der Waals surface area (Å²) in [4.78, 5) is 13.5. The van der Waals surface area contributed by atoms with Gasteiger partial charge in [-0.25, -0.2) is 14.4 Å². The van der Waals surface area contributed by atoms with Gasteiger partial charge in [-0.1, -0.05) is 30.3 Å². The van der Waals surface area contributed by atoms with E-state index < -0.39 is 0 Å². The minimum absolute atomic E-state index is 0.233. The molecule has 0 spiro atoms. The Morgan fingerprint density at radius 1 is 0.966 bits per heavy atom. The first kappa shape index (κ1) is 17.3. The van der Waals surface area contributed by atoms with Gasteiger partial charge in [0.25, 0.3) is 0 Å². The molecule has 1 aliphatic heterocycles. The maximum Gasteiger partial charge on any atom is 0.223 e. The highest BCUT2D eigenvalue weighted by Gasteiger charge is 2.21. The van der Waals surface area contributed by atoms with Crippen LogP contribution in [0.15, 0.2) is 67.1 Å². The SMILES string of the molecule is Cc1ccc(CNc2ncc3c(n2)-c2ccccc2Nc2cnccc2-3)c(F)c1. The average molecular weight is 383 g/mol. The summed E-state index contributed by atoms with van der Waals surface area (Å²) >= 11 is 0. The van der Waals surface area contributed by atoms with Crippen LogP contribution in [0.4, 0.5) is 21.7 Å². The fourth-order valence-corrected chi connectivity index (χ4v) is 3.51. The molecule has 0 bridgehead atoms. The second-order valence-corrected chi connectivity index (χ2v) is 7.00. The largest absolute Gasteiger partial charge is 0.353 e. The number of aromatic nitrogens is 3. The molecular formula is C23H18FN5. The molecule has 1 aliphatic rings. The predicted molar refractivity (Wildman–Crippen MR) is 112 cm³/mol. The predicted octanol–water partition coefficient (Wildman–Crippen LogP) is 5.32. The first-order valence-corrected chi connectivity index (χ1v) is 9.36. The van der Waals surface area contributed by atoms with Crippen molar-refractivity contribution in [3.05, 3.63) is 84.1 Å². The van der Waals surface area contributed by atoms with E-state index in [-0.39, 0.29) is 5.82 Å². The molecule has 0 radical (unpaired) electrons. The van der Waals surface area contributed by atoms with Gasteiger partial charge >= 0.3 is 0 Å². The lowest BCUT2D eigenvalue weighted by Crippen LogP contribution is -2.06. The molecule has 0 atom stereocenters. The zero-order valence-corrected chi connectivity index (χ0v) is 15.8. The van der Waals surface area contributed by atoms with Gasteiger partial charge in [0.15, 0.2) is 0 Å². The molecule has 2 aromatic heterocycles. The summed E-state index contributed by atoms with van der Waals surface area (Å²) in [5, 5.41) is 6.59. The van der Waals surface area contributed by atoms with Gasteiger partial charge in [-0.3, -0.25) is 4.98 Å². The van der Waals surface area contributed by atoms with Crippen molar-refractivity contribution in [3.63, 3.8) is 0 Å². The van der Waals surface area contributed by atoms with Crippen LogP contribution in [0, 0.1) is 12.7 Å². The first-order valence-electron chi connectivity index (χ1n) is 9.36. The van der Waals surface area contributed by atoms with Gasteiger partial charge in [-0.05, 0) is 30.7 Å². The van der Waals surface area contributed by atoms with Crippen LogP contribution in [0.1, 0.15) is 11.1 Å². The van der Waals surface area contributed by atoms with Gasteiger partial charge in [0, 0.05) is 46.9 Å². The molecule has 5 rings (SSSR count). The van der Waals surface area contributed by atoms with Gasteiger partial charge in [-0.15, -0.1) is 0 Å². The van der Waals surface area contributed by atoms with Gasteiger partial charge < -0.3 is 10.6 Å². The number of para-hydroxylation sites is 1. The minimum atomic E-state index is -0.233. The number of pyridine rings is 1. The fraction of sp³-hybridized carbons (Fsp3) is 0.0870. The average Bonchev–Trinajstić information content (AvgIpc) is 2.87. The molecule has 0 fully saturated rings. The molecule has 2 N–H and O–H groups in total. The fourth-order valence-electron chi connectivity index (χ4n) is 3.51. The molecule has 6 heteroatoms. The van der Waals surface area contributed by atoms with Crippen LogP contribution >= 0.6 is 0 Å². The monoisotopic (exact) mass is 383 g/mol. The summed E-state index contributed by atoms with van der Waals surface area (Å²) in [5.41, 5.74) is 7.04. The summed E-state index contributed by atoms with van der Waals surface area (Å²) < 4.78 is 14.1. The van der Waals surface area contributed by atoms with Crippen molar-refractivity contribution in [2.24, 2.45) is 0 Å². The molecule has 142 valence electrons. The van der Waals surface area contributed by atoms with E-state index in [0.29, 0.717) is 18.1 Å². The molecule has 3 heterocycles. The van der Waals surface area contributed by atoms with Crippen LogP contribution in [0.5, 0.6) is 0 Å². The van der Waals surface area contributed by atoms with E-state index in [1.165, 1.54) is 6.07 Å². The van der Waals surface area contributed by atoms with Crippen LogP contribution in [0.3, 0.4) is 0 Å². The van der Waals surface area contributed by atoms with Gasteiger partial charge in [-0.2, -0.15) is 0 Å². The Labute approximate surface area is 167 Å². The number of nitrogens with one attached hydrogen (secondary N) is 2. The summed E-state index contributed by atoms with van der Waals surface area (Å²) in [7, 11) is 0. The molecular weight excluding hydrogens is 365 g/mol. The van der Waals surface area contributed by atoms with Gasteiger partial charge in [0.05, 0.1) is 17.6 Å². The zero-order valence-electron chi connectivity index (χ0n) is 15.8. The maximum absolute atomic E-state index is 14.1. The molecule has 2 aromatic carbocycles. The van der Waals surface area contributed by atoms with E-state index in [2.05, 4.69) is 20.6 Å². The lowest BCUT2D eigenvalue weighted by atomic mass is 10.0. The van der Waals surface area contributed by atoms with Crippen molar-refractivity contribution < 1.29 is 4.39 Å². The number of hydrogen-bond acceptors (Lipinski definition) is 5. The van der Waals surface area contributed by atoms with E-state index in [1.807, 2.05) is 43.3 Å². The molecule has 29 heavy (non-hydrogen) atoms. The Bertz CT molecular complexity index is 1220. The highest BCUT2D eigenvalue weighted by Crippen LogP contribution is 2.42. The molecule has 0 saturated carbocycles. The smallest absolute Gasteiger partial charge is 0.223 e. The lowest BCUT2D eigenvalue weighted by Gasteiger charge is -2.11. The standard InChI is InChI=1S/C23H18FN5/c1-14-6-7-15(19(24)10-14)11-26-23-27-12-18-16-8-9-25-13-21(16)28-20-5-3-2-4-17(20)22(18)29-23/h2-10,12-13,28H,11H2,1H3,(H,26,27,29). The van der Waals surface area contributed by atoms with Crippen molar-refractivity contribution in [2.75, 3.05) is 10.6 Å². The van der Waals surface area contributed by atoms with Crippen molar-refractivity contribution >= 4 is 17.3 Å². The van der Waals surface area contributed by atoms with Crippen LogP contribution in [-0.4, -0.2) is 15.0 Å². The highest BCUT2D eigenvalue weighted by atomic mass is 19.1. The van der Waals surface area contributed by atoms with Crippen molar-refractivity contribution in [3.8, 4) is 22.4 Å². The zero-order chi connectivity index (χ0) is 19.8. The number of aryl methyl sites for hydroxylation is 1. The number of rotatable bonds is 3. The Kier molecular flexibility index (Phi) is 4.17. The molecule has 0 aliphatic carbocycles. The van der Waals surface area contributed by atoms with Crippen LogP contribution in [0.2, 0.25) is 0 Å². The van der Waals surface area contributed by atoms with Crippen molar-refractivity contribution in [1.82, 2.24) is 15.0 Å². The van der Waals surface area contributed by atoms with Crippen LogP contribution < -0.4 is 10.6 Å². The third kappa shape index (κ3) is 3.18. The minimum Gasteiger partial charge on any atom is -0.353 e.